The first-order valence-corrected chi connectivity index (χ1v) is 8.27. The first kappa shape index (κ1) is 20.1. The molecule has 0 aliphatic carbocycles. The summed E-state index contributed by atoms with van der Waals surface area (Å²) in [6, 6.07) is 10.7. The Kier molecular flexibility index (Phi) is 7.05. The van der Waals surface area contributed by atoms with Gasteiger partial charge in [-0.1, -0.05) is 29.8 Å². The number of rotatable bonds is 8. The fraction of sp³-hybridized carbons (Fsp3) is 0.300. The van der Waals surface area contributed by atoms with Gasteiger partial charge in [-0.05, 0) is 24.6 Å². The molecule has 7 heteroatoms. The van der Waals surface area contributed by atoms with Gasteiger partial charge in [-0.15, -0.1) is 0 Å². The molecule has 0 unspecified atom stereocenters. The first-order valence-electron chi connectivity index (χ1n) is 8.27. The lowest BCUT2D eigenvalue weighted by Gasteiger charge is -2.13. The normalized spacial score (nSPS) is 10.1. The fourth-order valence-electron chi connectivity index (χ4n) is 2.49. The zero-order chi connectivity index (χ0) is 19.8. The maximum Gasteiger partial charge on any atom is 0.338 e. The van der Waals surface area contributed by atoms with E-state index >= 15 is 0 Å². The fourth-order valence-corrected chi connectivity index (χ4v) is 2.49. The lowest BCUT2D eigenvalue weighted by atomic mass is 10.1. The highest BCUT2D eigenvalue weighted by Crippen LogP contribution is 2.38. The molecule has 144 valence electrons. The van der Waals surface area contributed by atoms with Gasteiger partial charge in [-0.2, -0.15) is 0 Å². The van der Waals surface area contributed by atoms with Crippen molar-refractivity contribution in [3.05, 3.63) is 53.1 Å². The number of hydrogen-bond donors (Lipinski definition) is 1. The summed E-state index contributed by atoms with van der Waals surface area (Å²) in [5.41, 5.74) is 2.27. The monoisotopic (exact) mass is 373 g/mol. The third-order valence-electron chi connectivity index (χ3n) is 3.81. The van der Waals surface area contributed by atoms with Crippen LogP contribution >= 0.6 is 0 Å². The molecule has 1 amide bonds. The van der Waals surface area contributed by atoms with E-state index < -0.39 is 11.9 Å². The van der Waals surface area contributed by atoms with Crippen molar-refractivity contribution in [2.75, 3.05) is 27.9 Å². The van der Waals surface area contributed by atoms with Crippen LogP contribution in [0.15, 0.2) is 36.4 Å². The van der Waals surface area contributed by atoms with Crippen molar-refractivity contribution < 1.29 is 28.5 Å². The zero-order valence-electron chi connectivity index (χ0n) is 15.8. The van der Waals surface area contributed by atoms with Crippen molar-refractivity contribution in [2.45, 2.75) is 13.5 Å². The number of benzene rings is 2. The summed E-state index contributed by atoms with van der Waals surface area (Å²) in [5, 5.41) is 2.71. The minimum Gasteiger partial charge on any atom is -0.493 e. The minimum atomic E-state index is -0.667. The molecule has 2 aromatic rings. The Balaban J connectivity index is 1.95. The number of methoxy groups -OCH3 is 3. The van der Waals surface area contributed by atoms with Crippen LogP contribution in [-0.4, -0.2) is 39.8 Å². The van der Waals surface area contributed by atoms with Gasteiger partial charge in [0.15, 0.2) is 18.1 Å². The third-order valence-corrected chi connectivity index (χ3v) is 3.81. The van der Waals surface area contributed by atoms with Crippen LogP contribution in [0.1, 0.15) is 21.5 Å². The summed E-state index contributed by atoms with van der Waals surface area (Å²) >= 11 is 0. The van der Waals surface area contributed by atoms with Gasteiger partial charge < -0.3 is 24.3 Å². The average molecular weight is 373 g/mol. The molecule has 0 spiro atoms. The number of carbonyl (C=O) groups is 2. The maximum absolute atomic E-state index is 12.2. The second-order valence-corrected chi connectivity index (χ2v) is 5.76. The molecule has 0 aliphatic rings. The topological polar surface area (TPSA) is 83.1 Å². The minimum absolute atomic E-state index is 0.191. The van der Waals surface area contributed by atoms with Gasteiger partial charge in [0.2, 0.25) is 5.75 Å². The summed E-state index contributed by atoms with van der Waals surface area (Å²) in [7, 11) is 4.37. The summed E-state index contributed by atoms with van der Waals surface area (Å²) in [4.78, 5) is 24.2. The smallest absolute Gasteiger partial charge is 0.338 e. The van der Waals surface area contributed by atoms with Crippen molar-refractivity contribution in [3.63, 3.8) is 0 Å². The average Bonchev–Trinajstić information content (AvgIpc) is 2.69. The van der Waals surface area contributed by atoms with Gasteiger partial charge >= 0.3 is 5.97 Å². The summed E-state index contributed by atoms with van der Waals surface area (Å²) in [5.74, 6) is -0.0369. The van der Waals surface area contributed by atoms with Crippen LogP contribution in [0.2, 0.25) is 0 Å². The predicted octanol–water partition coefficient (Wildman–Crippen LogP) is 2.49. The molecule has 0 radical (unpaired) electrons. The highest BCUT2D eigenvalue weighted by atomic mass is 16.5. The van der Waals surface area contributed by atoms with E-state index in [2.05, 4.69) is 5.32 Å². The molecule has 0 heterocycles. The van der Waals surface area contributed by atoms with Crippen LogP contribution in [0.5, 0.6) is 17.2 Å². The van der Waals surface area contributed by atoms with Crippen LogP contribution < -0.4 is 19.5 Å². The molecule has 0 atom stereocenters. The molecule has 27 heavy (non-hydrogen) atoms. The number of ether oxygens (including phenoxy) is 4. The van der Waals surface area contributed by atoms with Gasteiger partial charge in [-0.25, -0.2) is 4.79 Å². The van der Waals surface area contributed by atoms with Crippen LogP contribution in [0.3, 0.4) is 0 Å². The maximum atomic E-state index is 12.2. The second kappa shape index (κ2) is 9.47. The number of aryl methyl sites for hydroxylation is 1. The van der Waals surface area contributed by atoms with E-state index in [1.165, 1.54) is 33.5 Å². The zero-order valence-corrected chi connectivity index (χ0v) is 15.8. The molecule has 0 aromatic heterocycles. The highest BCUT2D eigenvalue weighted by Gasteiger charge is 2.18. The summed E-state index contributed by atoms with van der Waals surface area (Å²) < 4.78 is 20.7. The van der Waals surface area contributed by atoms with E-state index in [-0.39, 0.29) is 12.2 Å². The Hall–Kier alpha value is -3.22. The van der Waals surface area contributed by atoms with E-state index in [4.69, 9.17) is 18.9 Å². The van der Waals surface area contributed by atoms with Gasteiger partial charge in [0.25, 0.3) is 5.91 Å². The molecular weight excluding hydrogens is 350 g/mol. The molecule has 0 aliphatic heterocycles. The van der Waals surface area contributed by atoms with E-state index in [1.807, 2.05) is 31.2 Å². The molecule has 0 fully saturated rings. The Labute approximate surface area is 158 Å². The number of esters is 1. The third kappa shape index (κ3) is 5.37. The first-order chi connectivity index (χ1) is 13.0. The van der Waals surface area contributed by atoms with Crippen LogP contribution in [0, 0.1) is 6.92 Å². The molecule has 2 aromatic carbocycles. The Morgan fingerprint density at radius 3 is 2.19 bits per heavy atom. The molecule has 2 rings (SSSR count). The Morgan fingerprint density at radius 1 is 0.963 bits per heavy atom. The second-order valence-electron chi connectivity index (χ2n) is 5.76. The number of hydrogen-bond acceptors (Lipinski definition) is 6. The molecule has 0 saturated carbocycles. The van der Waals surface area contributed by atoms with Crippen molar-refractivity contribution in [3.8, 4) is 17.2 Å². The van der Waals surface area contributed by atoms with E-state index in [9.17, 15) is 9.59 Å². The van der Waals surface area contributed by atoms with Crippen molar-refractivity contribution in [1.29, 1.82) is 0 Å². The van der Waals surface area contributed by atoms with Crippen LogP contribution in [0.4, 0.5) is 0 Å². The quantitative estimate of drug-likeness (QED) is 0.716. The van der Waals surface area contributed by atoms with Crippen molar-refractivity contribution >= 4 is 11.9 Å². The van der Waals surface area contributed by atoms with Gasteiger partial charge in [0, 0.05) is 6.54 Å². The van der Waals surface area contributed by atoms with Crippen LogP contribution in [-0.2, 0) is 16.1 Å². The largest absolute Gasteiger partial charge is 0.493 e. The lowest BCUT2D eigenvalue weighted by Crippen LogP contribution is -2.28. The van der Waals surface area contributed by atoms with E-state index in [1.54, 1.807) is 0 Å². The molecule has 1 N–H and O–H groups in total. The Bertz CT molecular complexity index is 793. The lowest BCUT2D eigenvalue weighted by molar-refractivity contribution is -0.124. The standard InChI is InChI=1S/C20H23NO6/c1-13-6-5-7-14(8-13)11-21-18(22)12-27-20(23)15-9-16(24-2)19(26-4)17(10-15)25-3/h5-10H,11-12H2,1-4H3,(H,21,22). The number of carbonyl (C=O) groups excluding carboxylic acids is 2. The highest BCUT2D eigenvalue weighted by molar-refractivity contribution is 5.92. The number of amides is 1. The van der Waals surface area contributed by atoms with Crippen molar-refractivity contribution in [2.24, 2.45) is 0 Å². The molecule has 0 bridgehead atoms. The van der Waals surface area contributed by atoms with Crippen LogP contribution in [0.25, 0.3) is 0 Å². The molecule has 0 saturated heterocycles. The summed E-state index contributed by atoms with van der Waals surface area (Å²) in [6.45, 7) is 1.95. The van der Waals surface area contributed by atoms with E-state index in [0.717, 1.165) is 11.1 Å². The predicted molar refractivity (Wildman–Crippen MR) is 99.4 cm³/mol. The number of nitrogens with one attached hydrogen (secondary N) is 1. The van der Waals surface area contributed by atoms with Gasteiger partial charge in [0.05, 0.1) is 26.9 Å². The molecule has 7 nitrogen and oxygen atoms in total. The van der Waals surface area contributed by atoms with Gasteiger partial charge in [0.1, 0.15) is 0 Å². The summed E-state index contributed by atoms with van der Waals surface area (Å²) in [6.07, 6.45) is 0. The molecular formula is C20H23NO6. The van der Waals surface area contributed by atoms with Crippen molar-refractivity contribution in [1.82, 2.24) is 5.32 Å². The Morgan fingerprint density at radius 2 is 1.63 bits per heavy atom. The van der Waals surface area contributed by atoms with Gasteiger partial charge in [-0.3, -0.25) is 4.79 Å². The van der Waals surface area contributed by atoms with E-state index in [0.29, 0.717) is 23.8 Å². The SMILES string of the molecule is COc1cc(C(=O)OCC(=O)NCc2cccc(C)c2)cc(OC)c1OC.